The van der Waals surface area contributed by atoms with Gasteiger partial charge in [-0.2, -0.15) is 0 Å². The summed E-state index contributed by atoms with van der Waals surface area (Å²) in [5.41, 5.74) is -0.313. The predicted octanol–water partition coefficient (Wildman–Crippen LogP) is 4.89. The number of ether oxygens (including phenoxy) is 2. The topological polar surface area (TPSA) is 81.8 Å². The van der Waals surface area contributed by atoms with Gasteiger partial charge >= 0.3 is 5.97 Å². The molecule has 152 valence electrons. The number of aromatic nitrogens is 1. The van der Waals surface area contributed by atoms with Crippen LogP contribution in [0.25, 0.3) is 0 Å². The van der Waals surface area contributed by atoms with Gasteiger partial charge in [0.15, 0.2) is 11.5 Å². The Morgan fingerprint density at radius 3 is 2.46 bits per heavy atom. The third-order valence-electron chi connectivity index (χ3n) is 5.18. The highest BCUT2D eigenvalue weighted by atomic mass is 16.5. The van der Waals surface area contributed by atoms with Gasteiger partial charge in [0.1, 0.15) is 17.3 Å². The summed E-state index contributed by atoms with van der Waals surface area (Å²) >= 11 is 0. The van der Waals surface area contributed by atoms with Crippen molar-refractivity contribution < 1.29 is 23.8 Å². The normalized spacial score (nSPS) is 15.4. The molecule has 3 rings (SSSR count). The zero-order valence-corrected chi connectivity index (χ0v) is 16.9. The number of oxazole rings is 1. The number of nitrogens with zero attached hydrogens (tertiary/aromatic N) is 1. The van der Waals surface area contributed by atoms with Gasteiger partial charge in [-0.15, -0.1) is 0 Å². The van der Waals surface area contributed by atoms with E-state index in [2.05, 4.69) is 0 Å². The average Bonchev–Trinajstić information content (AvgIpc) is 3.04. The molecule has 6 nitrogen and oxygen atoms in total. The highest BCUT2D eigenvalue weighted by molar-refractivity contribution is 5.76. The number of aliphatic carboxylic acids is 1. The molecular weight excluding hydrogens is 358 g/mol. The van der Waals surface area contributed by atoms with E-state index < -0.39 is 11.6 Å². The number of rotatable bonds is 8. The molecule has 1 N–H and O–H groups in total. The second-order valence-electron chi connectivity index (χ2n) is 7.88. The van der Waals surface area contributed by atoms with Gasteiger partial charge in [0, 0.05) is 12.3 Å². The maximum absolute atomic E-state index is 11.1. The Morgan fingerprint density at radius 1 is 1.18 bits per heavy atom. The highest BCUT2D eigenvalue weighted by Crippen LogP contribution is 2.33. The van der Waals surface area contributed by atoms with Crippen molar-refractivity contribution in [2.45, 2.75) is 70.8 Å². The Kier molecular flexibility index (Phi) is 6.27. The number of hydrogen-bond donors (Lipinski definition) is 1. The van der Waals surface area contributed by atoms with Crippen LogP contribution in [0.5, 0.6) is 11.5 Å². The monoisotopic (exact) mass is 387 g/mol. The molecule has 0 spiro atoms. The SMILES string of the molecule is Cc1oc(C2CCCCC2)nc1CCOc1ccc(OC(C)(C)C(=O)O)cc1. The Balaban J connectivity index is 1.51. The van der Waals surface area contributed by atoms with Crippen LogP contribution in [0.15, 0.2) is 28.7 Å². The Morgan fingerprint density at radius 2 is 1.82 bits per heavy atom. The molecule has 0 unspecified atom stereocenters. The molecule has 1 aromatic carbocycles. The van der Waals surface area contributed by atoms with Crippen LogP contribution in [-0.2, 0) is 11.2 Å². The van der Waals surface area contributed by atoms with Crippen molar-refractivity contribution in [1.82, 2.24) is 4.98 Å². The lowest BCUT2D eigenvalue weighted by molar-refractivity contribution is -0.152. The van der Waals surface area contributed by atoms with Gasteiger partial charge in [-0.3, -0.25) is 0 Å². The van der Waals surface area contributed by atoms with Crippen LogP contribution < -0.4 is 9.47 Å². The summed E-state index contributed by atoms with van der Waals surface area (Å²) in [5, 5.41) is 9.13. The summed E-state index contributed by atoms with van der Waals surface area (Å²) in [7, 11) is 0. The van der Waals surface area contributed by atoms with Crippen LogP contribution >= 0.6 is 0 Å². The van der Waals surface area contributed by atoms with E-state index in [1.807, 2.05) is 6.92 Å². The molecule has 1 aromatic heterocycles. The van der Waals surface area contributed by atoms with Crippen LogP contribution in [-0.4, -0.2) is 28.3 Å². The van der Waals surface area contributed by atoms with Gasteiger partial charge in [-0.05, 0) is 57.9 Å². The third-order valence-corrected chi connectivity index (χ3v) is 5.18. The van der Waals surface area contributed by atoms with Crippen molar-refractivity contribution >= 4 is 5.97 Å². The molecular formula is C22H29NO5. The van der Waals surface area contributed by atoms with Crippen LogP contribution in [0.4, 0.5) is 0 Å². The molecule has 0 amide bonds. The van der Waals surface area contributed by atoms with Crippen LogP contribution in [0.2, 0.25) is 0 Å². The van der Waals surface area contributed by atoms with E-state index >= 15 is 0 Å². The predicted molar refractivity (Wildman–Crippen MR) is 105 cm³/mol. The van der Waals surface area contributed by atoms with E-state index in [9.17, 15) is 4.79 Å². The fourth-order valence-electron chi connectivity index (χ4n) is 3.41. The first-order valence-electron chi connectivity index (χ1n) is 9.96. The van der Waals surface area contributed by atoms with E-state index in [0.29, 0.717) is 30.4 Å². The average molecular weight is 387 g/mol. The van der Waals surface area contributed by atoms with Gasteiger partial charge < -0.3 is 19.0 Å². The molecule has 1 aliphatic rings. The van der Waals surface area contributed by atoms with E-state index in [0.717, 1.165) is 17.3 Å². The van der Waals surface area contributed by atoms with Crippen molar-refractivity contribution in [3.05, 3.63) is 41.6 Å². The zero-order valence-electron chi connectivity index (χ0n) is 16.9. The number of carbonyl (C=O) groups is 1. The van der Waals surface area contributed by atoms with Gasteiger partial charge in [0.05, 0.1) is 12.3 Å². The number of hydrogen-bond acceptors (Lipinski definition) is 5. The van der Waals surface area contributed by atoms with Crippen LogP contribution in [0.3, 0.4) is 0 Å². The first-order chi connectivity index (χ1) is 13.3. The second kappa shape index (κ2) is 8.67. The number of carboxylic acid groups (broad SMARTS) is 1. The molecule has 0 atom stereocenters. The van der Waals surface area contributed by atoms with E-state index in [1.165, 1.54) is 46.0 Å². The van der Waals surface area contributed by atoms with E-state index in [1.54, 1.807) is 24.3 Å². The molecule has 2 aromatic rings. The maximum atomic E-state index is 11.1. The van der Waals surface area contributed by atoms with Crippen molar-refractivity contribution in [2.24, 2.45) is 0 Å². The number of aryl methyl sites for hydroxylation is 1. The molecule has 0 saturated heterocycles. The standard InChI is InChI=1S/C22H29NO5/c1-15-19(23-20(27-15)16-7-5-4-6-8-16)13-14-26-17-9-11-18(12-10-17)28-22(2,3)21(24)25/h9-12,16H,4-8,13-14H2,1-3H3,(H,24,25). The summed E-state index contributed by atoms with van der Waals surface area (Å²) < 4.78 is 17.2. The van der Waals surface area contributed by atoms with Crippen LogP contribution in [0, 0.1) is 6.92 Å². The van der Waals surface area contributed by atoms with Gasteiger partial charge in [0.2, 0.25) is 0 Å². The summed E-state index contributed by atoms with van der Waals surface area (Å²) in [6.07, 6.45) is 6.86. The molecule has 1 saturated carbocycles. The fourth-order valence-corrected chi connectivity index (χ4v) is 3.41. The van der Waals surface area contributed by atoms with Crippen molar-refractivity contribution in [1.29, 1.82) is 0 Å². The quantitative estimate of drug-likeness (QED) is 0.694. The Labute approximate surface area is 165 Å². The summed E-state index contributed by atoms with van der Waals surface area (Å²) in [4.78, 5) is 15.8. The minimum absolute atomic E-state index is 0.463. The molecule has 28 heavy (non-hydrogen) atoms. The van der Waals surface area contributed by atoms with E-state index in [4.69, 9.17) is 24.0 Å². The fraction of sp³-hybridized carbons (Fsp3) is 0.545. The molecule has 0 bridgehead atoms. The second-order valence-corrected chi connectivity index (χ2v) is 7.88. The van der Waals surface area contributed by atoms with Gasteiger partial charge in [-0.25, -0.2) is 9.78 Å². The lowest BCUT2D eigenvalue weighted by atomic mass is 9.89. The molecule has 1 aliphatic carbocycles. The van der Waals surface area contributed by atoms with E-state index in [-0.39, 0.29) is 0 Å². The molecule has 0 aliphatic heterocycles. The van der Waals surface area contributed by atoms with Gasteiger partial charge in [-0.1, -0.05) is 19.3 Å². The minimum Gasteiger partial charge on any atom is -0.493 e. The molecule has 6 heteroatoms. The Bertz CT molecular complexity index is 788. The third kappa shape index (κ3) is 5.06. The molecule has 0 radical (unpaired) electrons. The first-order valence-corrected chi connectivity index (χ1v) is 9.96. The van der Waals surface area contributed by atoms with Crippen LogP contribution in [0.1, 0.15) is 69.2 Å². The highest BCUT2D eigenvalue weighted by Gasteiger charge is 2.29. The lowest BCUT2D eigenvalue weighted by Gasteiger charge is -2.21. The largest absolute Gasteiger partial charge is 0.493 e. The summed E-state index contributed by atoms with van der Waals surface area (Å²) in [6.45, 7) is 5.49. The van der Waals surface area contributed by atoms with Crippen molar-refractivity contribution in [3.63, 3.8) is 0 Å². The first kappa shape index (κ1) is 20.2. The lowest BCUT2D eigenvalue weighted by Crippen LogP contribution is -2.37. The maximum Gasteiger partial charge on any atom is 0.347 e. The minimum atomic E-state index is -1.27. The van der Waals surface area contributed by atoms with Gasteiger partial charge in [0.25, 0.3) is 0 Å². The number of carboxylic acids is 1. The Hall–Kier alpha value is -2.50. The molecule has 1 heterocycles. The smallest absolute Gasteiger partial charge is 0.347 e. The number of benzene rings is 1. The molecule has 1 fully saturated rings. The summed E-state index contributed by atoms with van der Waals surface area (Å²) in [6, 6.07) is 6.97. The van der Waals surface area contributed by atoms with Crippen molar-refractivity contribution in [3.8, 4) is 11.5 Å². The zero-order chi connectivity index (χ0) is 20.1. The summed E-state index contributed by atoms with van der Waals surface area (Å²) in [5.74, 6) is 2.41. The van der Waals surface area contributed by atoms with Crippen molar-refractivity contribution in [2.75, 3.05) is 6.61 Å².